The molecule has 1 saturated heterocycles. The lowest BCUT2D eigenvalue weighted by Gasteiger charge is -2.39. The van der Waals surface area contributed by atoms with E-state index in [1.165, 1.54) is 0 Å². The summed E-state index contributed by atoms with van der Waals surface area (Å²) in [5, 5.41) is 3.20. The van der Waals surface area contributed by atoms with Gasteiger partial charge in [0.05, 0.1) is 31.1 Å². The van der Waals surface area contributed by atoms with Crippen LogP contribution in [-0.4, -0.2) is 41.8 Å². The van der Waals surface area contributed by atoms with E-state index >= 15 is 0 Å². The molecule has 18 heavy (non-hydrogen) atoms. The van der Waals surface area contributed by atoms with Gasteiger partial charge in [0.1, 0.15) is 11.6 Å². The first-order chi connectivity index (χ1) is 8.74. The first kappa shape index (κ1) is 13.1. The smallest absolute Gasteiger partial charge is 0.149 e. The molecule has 2 unspecified atom stereocenters. The highest BCUT2D eigenvalue weighted by molar-refractivity contribution is 5.45. The Balaban J connectivity index is 2.19. The molecule has 1 aromatic heterocycles. The first-order valence-corrected chi connectivity index (χ1v) is 6.68. The highest BCUT2D eigenvalue weighted by Crippen LogP contribution is 2.21. The summed E-state index contributed by atoms with van der Waals surface area (Å²) in [6.45, 7) is 8.83. The van der Waals surface area contributed by atoms with Crippen LogP contribution in [0.15, 0.2) is 12.4 Å². The Bertz CT molecular complexity index is 385. The normalized spacial score (nSPS) is 24.1. The molecule has 2 rings (SSSR count). The van der Waals surface area contributed by atoms with E-state index in [1.807, 2.05) is 6.20 Å². The van der Waals surface area contributed by atoms with Gasteiger partial charge in [0.2, 0.25) is 0 Å². The number of rotatable bonds is 4. The highest BCUT2D eigenvalue weighted by Gasteiger charge is 2.26. The van der Waals surface area contributed by atoms with Gasteiger partial charge in [-0.25, -0.2) is 4.98 Å². The number of anilines is 2. The fourth-order valence-electron chi connectivity index (χ4n) is 2.22. The van der Waals surface area contributed by atoms with Crippen LogP contribution in [0.5, 0.6) is 0 Å². The summed E-state index contributed by atoms with van der Waals surface area (Å²) >= 11 is 0. The Hall–Kier alpha value is -1.36. The largest absolute Gasteiger partial charge is 0.375 e. The summed E-state index contributed by atoms with van der Waals surface area (Å²) in [6, 6.07) is 0.396. The Kier molecular flexibility index (Phi) is 4.36. The number of ether oxygens (including phenoxy) is 1. The molecular weight excluding hydrogens is 228 g/mol. The van der Waals surface area contributed by atoms with Gasteiger partial charge < -0.3 is 15.0 Å². The zero-order valence-corrected chi connectivity index (χ0v) is 11.4. The lowest BCUT2D eigenvalue weighted by Crippen LogP contribution is -2.49. The van der Waals surface area contributed by atoms with Gasteiger partial charge in [-0.1, -0.05) is 6.92 Å². The van der Waals surface area contributed by atoms with Crippen molar-refractivity contribution in [3.8, 4) is 0 Å². The maximum absolute atomic E-state index is 5.71. The van der Waals surface area contributed by atoms with Gasteiger partial charge in [-0.05, 0) is 20.3 Å². The number of nitrogens with one attached hydrogen (secondary N) is 1. The molecule has 1 N–H and O–H groups in total. The molecule has 100 valence electrons. The maximum atomic E-state index is 5.71. The third-order valence-electron chi connectivity index (χ3n) is 3.21. The molecule has 0 bridgehead atoms. The molecule has 1 aliphatic rings. The molecule has 5 nitrogen and oxygen atoms in total. The van der Waals surface area contributed by atoms with Crippen molar-refractivity contribution in [1.29, 1.82) is 0 Å². The maximum Gasteiger partial charge on any atom is 0.149 e. The van der Waals surface area contributed by atoms with E-state index in [4.69, 9.17) is 4.74 Å². The van der Waals surface area contributed by atoms with Gasteiger partial charge in [-0.15, -0.1) is 0 Å². The highest BCUT2D eigenvalue weighted by atomic mass is 16.5. The summed E-state index contributed by atoms with van der Waals surface area (Å²) in [6.07, 6.45) is 4.90. The van der Waals surface area contributed by atoms with Gasteiger partial charge in [0, 0.05) is 13.1 Å². The van der Waals surface area contributed by atoms with E-state index in [9.17, 15) is 0 Å². The van der Waals surface area contributed by atoms with Gasteiger partial charge in [-0.2, -0.15) is 0 Å². The summed E-state index contributed by atoms with van der Waals surface area (Å²) in [5.74, 6) is 1.78. The van der Waals surface area contributed by atoms with Crippen molar-refractivity contribution in [3.63, 3.8) is 0 Å². The molecule has 1 aliphatic heterocycles. The average molecular weight is 250 g/mol. The number of hydrogen-bond donors (Lipinski definition) is 1. The Labute approximate surface area is 109 Å². The topological polar surface area (TPSA) is 50.3 Å². The fraction of sp³-hybridized carbons (Fsp3) is 0.692. The van der Waals surface area contributed by atoms with E-state index in [2.05, 4.69) is 41.0 Å². The van der Waals surface area contributed by atoms with Crippen LogP contribution < -0.4 is 10.2 Å². The molecule has 1 fully saturated rings. The van der Waals surface area contributed by atoms with Crippen LogP contribution in [0.2, 0.25) is 0 Å². The molecule has 0 amide bonds. The first-order valence-electron chi connectivity index (χ1n) is 6.68. The minimum absolute atomic E-state index is 0.248. The van der Waals surface area contributed by atoms with Crippen molar-refractivity contribution in [3.05, 3.63) is 12.4 Å². The minimum Gasteiger partial charge on any atom is -0.375 e. The van der Waals surface area contributed by atoms with Crippen molar-refractivity contribution in [2.45, 2.75) is 39.3 Å². The summed E-state index contributed by atoms with van der Waals surface area (Å²) < 4.78 is 5.71. The third-order valence-corrected chi connectivity index (χ3v) is 3.21. The minimum atomic E-state index is 0.248. The molecule has 1 aromatic rings. The monoisotopic (exact) mass is 250 g/mol. The molecule has 2 heterocycles. The predicted molar refractivity (Wildman–Crippen MR) is 73.0 cm³/mol. The van der Waals surface area contributed by atoms with Gasteiger partial charge >= 0.3 is 0 Å². The van der Waals surface area contributed by atoms with E-state index in [1.54, 1.807) is 6.20 Å². The quantitative estimate of drug-likeness (QED) is 0.884. The predicted octanol–water partition coefficient (Wildman–Crippen LogP) is 1.91. The SMILES string of the molecule is CCNc1cncc(N2CC(C)OCC2CC)n1. The molecule has 0 aliphatic carbocycles. The van der Waals surface area contributed by atoms with Crippen molar-refractivity contribution in [2.24, 2.45) is 0 Å². The number of aromatic nitrogens is 2. The molecular formula is C13H22N4O. The van der Waals surface area contributed by atoms with Crippen LogP contribution in [0.25, 0.3) is 0 Å². The molecule has 2 atom stereocenters. The van der Waals surface area contributed by atoms with Crippen LogP contribution >= 0.6 is 0 Å². The number of morpholine rings is 1. The van der Waals surface area contributed by atoms with Crippen molar-refractivity contribution < 1.29 is 4.74 Å². The van der Waals surface area contributed by atoms with Crippen LogP contribution in [0.4, 0.5) is 11.6 Å². The van der Waals surface area contributed by atoms with E-state index < -0.39 is 0 Å². The molecule has 0 radical (unpaired) electrons. The standard InChI is InChI=1S/C13H22N4O/c1-4-11-9-18-10(3)8-17(11)13-7-14-6-12(16-13)15-5-2/h6-7,10-11H,4-5,8-9H2,1-3H3,(H,15,16). The second-order valence-electron chi connectivity index (χ2n) is 4.65. The number of hydrogen-bond acceptors (Lipinski definition) is 5. The van der Waals surface area contributed by atoms with Crippen molar-refractivity contribution >= 4 is 11.6 Å². The second-order valence-corrected chi connectivity index (χ2v) is 4.65. The third kappa shape index (κ3) is 2.90. The fourth-order valence-corrected chi connectivity index (χ4v) is 2.22. The average Bonchev–Trinajstić information content (AvgIpc) is 2.39. The van der Waals surface area contributed by atoms with Crippen molar-refractivity contribution in [2.75, 3.05) is 29.9 Å². The lowest BCUT2D eigenvalue weighted by atomic mass is 10.1. The van der Waals surface area contributed by atoms with Crippen LogP contribution in [0.1, 0.15) is 27.2 Å². The van der Waals surface area contributed by atoms with E-state index in [0.717, 1.165) is 37.8 Å². The lowest BCUT2D eigenvalue weighted by molar-refractivity contribution is 0.0296. The van der Waals surface area contributed by atoms with Crippen LogP contribution in [-0.2, 0) is 4.74 Å². The van der Waals surface area contributed by atoms with Gasteiger partial charge in [0.15, 0.2) is 0 Å². The van der Waals surface area contributed by atoms with Gasteiger partial charge in [0.25, 0.3) is 0 Å². The van der Waals surface area contributed by atoms with Crippen LogP contribution in [0.3, 0.4) is 0 Å². The zero-order valence-electron chi connectivity index (χ0n) is 11.4. The zero-order chi connectivity index (χ0) is 13.0. The Morgan fingerprint density at radius 1 is 1.44 bits per heavy atom. The molecule has 5 heteroatoms. The summed E-state index contributed by atoms with van der Waals surface area (Å²) in [4.78, 5) is 11.2. The molecule has 0 spiro atoms. The van der Waals surface area contributed by atoms with Gasteiger partial charge in [-0.3, -0.25) is 4.98 Å². The van der Waals surface area contributed by atoms with E-state index in [-0.39, 0.29) is 6.10 Å². The second kappa shape index (κ2) is 6.00. The van der Waals surface area contributed by atoms with Crippen LogP contribution in [0, 0.1) is 0 Å². The summed E-state index contributed by atoms with van der Waals surface area (Å²) in [7, 11) is 0. The Morgan fingerprint density at radius 3 is 3.00 bits per heavy atom. The molecule has 0 saturated carbocycles. The van der Waals surface area contributed by atoms with E-state index in [0.29, 0.717) is 6.04 Å². The Morgan fingerprint density at radius 2 is 2.28 bits per heavy atom. The van der Waals surface area contributed by atoms with Crippen molar-refractivity contribution in [1.82, 2.24) is 9.97 Å². The summed E-state index contributed by atoms with van der Waals surface area (Å²) in [5.41, 5.74) is 0. The molecule has 0 aromatic carbocycles. The number of nitrogens with zero attached hydrogens (tertiary/aromatic N) is 3.